The largest absolute Gasteiger partial charge is 0.351 e. The highest BCUT2D eigenvalue weighted by Crippen LogP contribution is 2.39. The van der Waals surface area contributed by atoms with Crippen molar-refractivity contribution in [3.8, 4) is 0 Å². The number of halogens is 2. The number of nitrogens with one attached hydrogen (secondary N) is 2. The van der Waals surface area contributed by atoms with Gasteiger partial charge in [0.25, 0.3) is 5.91 Å². The second-order valence-electron chi connectivity index (χ2n) is 7.69. The topological polar surface area (TPSA) is 97.1 Å². The van der Waals surface area contributed by atoms with Crippen molar-refractivity contribution in [2.75, 3.05) is 6.54 Å². The zero-order valence-corrected chi connectivity index (χ0v) is 18.6. The highest BCUT2D eigenvalue weighted by Gasteiger charge is 2.36. The van der Waals surface area contributed by atoms with E-state index in [-0.39, 0.29) is 35.7 Å². The Balaban J connectivity index is 0.00000320. The molecule has 162 valence electrons. The number of amides is 2. The van der Waals surface area contributed by atoms with Crippen LogP contribution in [0, 0.1) is 0 Å². The van der Waals surface area contributed by atoms with Crippen LogP contribution in [0.2, 0.25) is 5.02 Å². The number of benzene rings is 1. The summed E-state index contributed by atoms with van der Waals surface area (Å²) in [5.74, 6) is -0.242. The Kier molecular flexibility index (Phi) is 8.65. The van der Waals surface area contributed by atoms with E-state index in [1.54, 1.807) is 18.3 Å². The number of carbonyl (C=O) groups is 2. The van der Waals surface area contributed by atoms with Gasteiger partial charge in [-0.25, -0.2) is 0 Å². The highest BCUT2D eigenvalue weighted by molar-refractivity contribution is 6.30. The lowest BCUT2D eigenvalue weighted by Crippen LogP contribution is -2.45. The first-order valence-electron chi connectivity index (χ1n) is 9.88. The van der Waals surface area contributed by atoms with Gasteiger partial charge in [-0.1, -0.05) is 23.7 Å². The molecule has 1 aliphatic rings. The number of pyridine rings is 1. The van der Waals surface area contributed by atoms with E-state index in [9.17, 15) is 9.59 Å². The SMILES string of the molecule is CC(=O)NCc1ccc(C(=O)NC2CCC(CN)(c3cccc(Cl)c3)CC2)cn1.Cl. The molecule has 1 heterocycles. The molecule has 0 spiro atoms. The van der Waals surface area contributed by atoms with Crippen LogP contribution in [0.4, 0.5) is 0 Å². The van der Waals surface area contributed by atoms with Crippen molar-refractivity contribution in [3.05, 3.63) is 64.4 Å². The Morgan fingerprint density at radius 1 is 1.23 bits per heavy atom. The molecule has 6 nitrogen and oxygen atoms in total. The fraction of sp³-hybridized carbons (Fsp3) is 0.409. The first-order chi connectivity index (χ1) is 13.9. The van der Waals surface area contributed by atoms with Crippen LogP contribution in [0.5, 0.6) is 0 Å². The summed E-state index contributed by atoms with van der Waals surface area (Å²) in [6.45, 7) is 2.37. The van der Waals surface area contributed by atoms with Gasteiger partial charge in [-0.15, -0.1) is 12.4 Å². The van der Waals surface area contributed by atoms with Gasteiger partial charge in [0, 0.05) is 36.1 Å². The molecule has 0 saturated heterocycles. The standard InChI is InChI=1S/C22H27ClN4O2.ClH/c1-15(28)25-13-20-6-5-16(12-26-20)21(29)27-19-7-9-22(14-24,10-8-19)17-3-2-4-18(23)11-17;/h2-6,11-12,19H,7-10,13-14,24H2,1H3,(H,25,28)(H,27,29);1H. The zero-order valence-electron chi connectivity index (χ0n) is 17.0. The van der Waals surface area contributed by atoms with Gasteiger partial charge in [-0.2, -0.15) is 0 Å². The van der Waals surface area contributed by atoms with Crippen LogP contribution in [0.3, 0.4) is 0 Å². The first-order valence-corrected chi connectivity index (χ1v) is 10.3. The average molecular weight is 451 g/mol. The van der Waals surface area contributed by atoms with E-state index in [1.807, 2.05) is 18.2 Å². The smallest absolute Gasteiger partial charge is 0.253 e. The predicted molar refractivity (Wildman–Crippen MR) is 121 cm³/mol. The van der Waals surface area contributed by atoms with Crippen molar-refractivity contribution >= 4 is 35.8 Å². The lowest BCUT2D eigenvalue weighted by Gasteiger charge is -2.40. The molecule has 1 aliphatic carbocycles. The molecule has 0 atom stereocenters. The normalized spacial score (nSPS) is 20.7. The molecule has 2 amide bonds. The van der Waals surface area contributed by atoms with Gasteiger partial charge in [0.1, 0.15) is 0 Å². The summed E-state index contributed by atoms with van der Waals surface area (Å²) in [5.41, 5.74) is 8.47. The van der Waals surface area contributed by atoms with Crippen LogP contribution in [0.25, 0.3) is 0 Å². The Morgan fingerprint density at radius 3 is 2.53 bits per heavy atom. The third-order valence-electron chi connectivity index (χ3n) is 5.71. The molecule has 1 saturated carbocycles. The van der Waals surface area contributed by atoms with Gasteiger partial charge in [-0.3, -0.25) is 14.6 Å². The molecular formula is C22H28Cl2N4O2. The summed E-state index contributed by atoms with van der Waals surface area (Å²) < 4.78 is 0. The summed E-state index contributed by atoms with van der Waals surface area (Å²) in [5, 5.41) is 6.52. The molecule has 2 aromatic rings. The monoisotopic (exact) mass is 450 g/mol. The Bertz CT molecular complexity index is 866. The second-order valence-corrected chi connectivity index (χ2v) is 8.13. The van der Waals surface area contributed by atoms with Gasteiger partial charge in [0.15, 0.2) is 0 Å². The maximum Gasteiger partial charge on any atom is 0.253 e. The number of nitrogens with zero attached hydrogens (tertiary/aromatic N) is 1. The van der Waals surface area contributed by atoms with E-state index in [4.69, 9.17) is 17.3 Å². The molecule has 0 aliphatic heterocycles. The van der Waals surface area contributed by atoms with Crippen molar-refractivity contribution in [2.45, 2.75) is 50.6 Å². The van der Waals surface area contributed by atoms with E-state index < -0.39 is 0 Å². The van der Waals surface area contributed by atoms with Crippen LogP contribution in [0.1, 0.15) is 54.2 Å². The van der Waals surface area contributed by atoms with Crippen LogP contribution < -0.4 is 16.4 Å². The molecule has 0 unspecified atom stereocenters. The Hall–Kier alpha value is -2.15. The van der Waals surface area contributed by atoms with Gasteiger partial charge in [0.05, 0.1) is 17.8 Å². The predicted octanol–water partition coefficient (Wildman–Crippen LogP) is 3.36. The number of rotatable bonds is 6. The number of hydrogen-bond donors (Lipinski definition) is 3. The van der Waals surface area contributed by atoms with Gasteiger partial charge < -0.3 is 16.4 Å². The molecule has 8 heteroatoms. The minimum Gasteiger partial charge on any atom is -0.351 e. The highest BCUT2D eigenvalue weighted by atomic mass is 35.5. The lowest BCUT2D eigenvalue weighted by atomic mass is 9.68. The maximum absolute atomic E-state index is 12.6. The van der Waals surface area contributed by atoms with Crippen LogP contribution in [0.15, 0.2) is 42.6 Å². The van der Waals surface area contributed by atoms with Crippen molar-refractivity contribution in [1.29, 1.82) is 0 Å². The molecule has 1 fully saturated rings. The van der Waals surface area contributed by atoms with E-state index in [2.05, 4.69) is 21.7 Å². The molecule has 1 aromatic heterocycles. The van der Waals surface area contributed by atoms with Crippen LogP contribution >= 0.6 is 24.0 Å². The second kappa shape index (κ2) is 10.8. The zero-order chi connectivity index (χ0) is 20.9. The average Bonchev–Trinajstić information content (AvgIpc) is 2.73. The third kappa shape index (κ3) is 5.94. The number of nitrogens with two attached hydrogens (primary N) is 1. The molecule has 4 N–H and O–H groups in total. The summed E-state index contributed by atoms with van der Waals surface area (Å²) in [6.07, 6.45) is 5.09. The fourth-order valence-electron chi connectivity index (χ4n) is 3.89. The number of carbonyl (C=O) groups excluding carboxylic acids is 2. The lowest BCUT2D eigenvalue weighted by molar-refractivity contribution is -0.119. The number of hydrogen-bond acceptors (Lipinski definition) is 4. The molecule has 0 radical (unpaired) electrons. The summed E-state index contributed by atoms with van der Waals surface area (Å²) in [4.78, 5) is 27.8. The van der Waals surface area contributed by atoms with Crippen molar-refractivity contribution < 1.29 is 9.59 Å². The molecule has 3 rings (SSSR count). The summed E-state index contributed by atoms with van der Waals surface area (Å²) in [6, 6.07) is 11.5. The quantitative estimate of drug-likeness (QED) is 0.628. The fourth-order valence-corrected chi connectivity index (χ4v) is 4.08. The van der Waals surface area contributed by atoms with E-state index in [0.29, 0.717) is 24.3 Å². The van der Waals surface area contributed by atoms with Crippen molar-refractivity contribution in [3.63, 3.8) is 0 Å². The van der Waals surface area contributed by atoms with Crippen LogP contribution in [-0.2, 0) is 16.8 Å². The number of aromatic nitrogens is 1. The molecule has 1 aromatic carbocycles. The minimum absolute atomic E-state index is 0. The molecule has 0 bridgehead atoms. The third-order valence-corrected chi connectivity index (χ3v) is 5.95. The van der Waals surface area contributed by atoms with Crippen molar-refractivity contribution in [1.82, 2.24) is 15.6 Å². The molecule has 30 heavy (non-hydrogen) atoms. The summed E-state index contributed by atoms with van der Waals surface area (Å²) >= 11 is 6.17. The maximum atomic E-state index is 12.6. The summed E-state index contributed by atoms with van der Waals surface area (Å²) in [7, 11) is 0. The van der Waals surface area contributed by atoms with E-state index in [0.717, 1.165) is 30.7 Å². The minimum atomic E-state index is -0.128. The first kappa shape index (κ1) is 24.1. The van der Waals surface area contributed by atoms with E-state index >= 15 is 0 Å². The van der Waals surface area contributed by atoms with Crippen LogP contribution in [-0.4, -0.2) is 29.4 Å². The van der Waals surface area contributed by atoms with Crippen molar-refractivity contribution in [2.24, 2.45) is 5.73 Å². The Labute approximate surface area is 188 Å². The Morgan fingerprint density at radius 2 is 1.97 bits per heavy atom. The van der Waals surface area contributed by atoms with E-state index in [1.165, 1.54) is 12.5 Å². The van der Waals surface area contributed by atoms with Gasteiger partial charge in [0.2, 0.25) is 5.91 Å². The van der Waals surface area contributed by atoms with Gasteiger partial charge in [-0.05, 0) is 55.5 Å². The van der Waals surface area contributed by atoms with Gasteiger partial charge >= 0.3 is 0 Å². The molecular weight excluding hydrogens is 423 g/mol.